The Morgan fingerprint density at radius 2 is 2.05 bits per heavy atom. The van der Waals surface area contributed by atoms with Crippen LogP contribution in [-0.2, 0) is 11.3 Å². The summed E-state index contributed by atoms with van der Waals surface area (Å²) in [6.07, 6.45) is 2.33. The molecule has 0 radical (unpaired) electrons. The minimum Gasteiger partial charge on any atom is -0.407 e. The molecule has 0 aliphatic carbocycles. The molecule has 2 rings (SSSR count). The SMILES string of the molecule is COCCNCc1nnc(N2CCC(C)(C)CC2)o1. The van der Waals surface area contributed by atoms with E-state index in [2.05, 4.69) is 34.3 Å². The number of hydrogen-bond acceptors (Lipinski definition) is 6. The van der Waals surface area contributed by atoms with Crippen molar-refractivity contribution in [2.45, 2.75) is 33.2 Å². The summed E-state index contributed by atoms with van der Waals surface area (Å²) in [5.74, 6) is 0.635. The average molecular weight is 268 g/mol. The van der Waals surface area contributed by atoms with Crippen LogP contribution in [0.5, 0.6) is 0 Å². The molecule has 0 amide bonds. The number of rotatable bonds is 6. The average Bonchev–Trinajstić information content (AvgIpc) is 2.83. The molecule has 6 heteroatoms. The summed E-state index contributed by atoms with van der Waals surface area (Å²) < 4.78 is 10.6. The quantitative estimate of drug-likeness (QED) is 0.788. The Balaban J connectivity index is 1.80. The first-order valence-corrected chi connectivity index (χ1v) is 6.88. The zero-order chi connectivity index (χ0) is 13.7. The summed E-state index contributed by atoms with van der Waals surface area (Å²) in [5, 5.41) is 11.4. The molecule has 0 spiro atoms. The molecule has 1 N–H and O–H groups in total. The molecule has 19 heavy (non-hydrogen) atoms. The molecule has 1 aromatic heterocycles. The van der Waals surface area contributed by atoms with Crippen molar-refractivity contribution in [1.29, 1.82) is 0 Å². The third-order valence-electron chi connectivity index (χ3n) is 3.60. The highest BCUT2D eigenvalue weighted by molar-refractivity contribution is 5.25. The number of piperidine rings is 1. The number of nitrogens with one attached hydrogen (secondary N) is 1. The van der Waals surface area contributed by atoms with E-state index in [0.717, 1.165) is 32.5 Å². The highest BCUT2D eigenvalue weighted by Crippen LogP contribution is 2.31. The lowest BCUT2D eigenvalue weighted by molar-refractivity contribution is 0.198. The van der Waals surface area contributed by atoms with Gasteiger partial charge in [-0.25, -0.2) is 0 Å². The Hall–Kier alpha value is -1.14. The molecule has 6 nitrogen and oxygen atoms in total. The second-order valence-corrected chi connectivity index (χ2v) is 5.80. The van der Waals surface area contributed by atoms with Gasteiger partial charge in [0.15, 0.2) is 0 Å². The van der Waals surface area contributed by atoms with Crippen molar-refractivity contribution in [3.05, 3.63) is 5.89 Å². The van der Waals surface area contributed by atoms with Crippen LogP contribution in [0.15, 0.2) is 4.42 Å². The van der Waals surface area contributed by atoms with Crippen molar-refractivity contribution < 1.29 is 9.15 Å². The number of anilines is 1. The number of aromatic nitrogens is 2. The maximum atomic E-state index is 5.67. The van der Waals surface area contributed by atoms with Gasteiger partial charge in [-0.15, -0.1) is 5.10 Å². The Morgan fingerprint density at radius 3 is 2.74 bits per heavy atom. The maximum Gasteiger partial charge on any atom is 0.318 e. The molecule has 1 saturated heterocycles. The van der Waals surface area contributed by atoms with Gasteiger partial charge in [-0.3, -0.25) is 0 Å². The monoisotopic (exact) mass is 268 g/mol. The van der Waals surface area contributed by atoms with E-state index >= 15 is 0 Å². The first kappa shape index (κ1) is 14.3. The zero-order valence-electron chi connectivity index (χ0n) is 12.1. The summed E-state index contributed by atoms with van der Waals surface area (Å²) in [5.41, 5.74) is 0.432. The van der Waals surface area contributed by atoms with Crippen molar-refractivity contribution in [3.63, 3.8) is 0 Å². The van der Waals surface area contributed by atoms with Gasteiger partial charge in [-0.2, -0.15) is 0 Å². The number of ether oxygens (including phenoxy) is 1. The summed E-state index contributed by atoms with van der Waals surface area (Å²) in [7, 11) is 1.68. The van der Waals surface area contributed by atoms with E-state index in [4.69, 9.17) is 9.15 Å². The molecular weight excluding hydrogens is 244 g/mol. The zero-order valence-corrected chi connectivity index (χ0v) is 12.1. The van der Waals surface area contributed by atoms with Crippen LogP contribution in [0.3, 0.4) is 0 Å². The Kier molecular flexibility index (Phi) is 4.76. The molecule has 0 unspecified atom stereocenters. The Labute approximate surface area is 114 Å². The van der Waals surface area contributed by atoms with Gasteiger partial charge in [0.2, 0.25) is 5.89 Å². The maximum absolute atomic E-state index is 5.67. The molecule has 0 bridgehead atoms. The van der Waals surface area contributed by atoms with E-state index in [0.29, 0.717) is 30.5 Å². The highest BCUT2D eigenvalue weighted by atomic mass is 16.5. The fourth-order valence-electron chi connectivity index (χ4n) is 2.12. The van der Waals surface area contributed by atoms with Crippen LogP contribution in [0.2, 0.25) is 0 Å². The largest absolute Gasteiger partial charge is 0.407 e. The van der Waals surface area contributed by atoms with Crippen molar-refractivity contribution in [2.24, 2.45) is 5.41 Å². The van der Waals surface area contributed by atoms with Crippen LogP contribution in [0.1, 0.15) is 32.6 Å². The summed E-state index contributed by atoms with van der Waals surface area (Å²) in [4.78, 5) is 2.18. The first-order valence-electron chi connectivity index (χ1n) is 6.88. The van der Waals surface area contributed by atoms with Gasteiger partial charge in [-0.1, -0.05) is 18.9 Å². The minimum atomic E-state index is 0.432. The normalized spacial score (nSPS) is 18.8. The van der Waals surface area contributed by atoms with Gasteiger partial charge < -0.3 is 19.4 Å². The standard InChI is InChI=1S/C13H24N4O2/c1-13(2)4-7-17(8-5-13)12-16-15-11(19-12)10-14-6-9-18-3/h14H,4-10H2,1-3H3. The van der Waals surface area contributed by atoms with E-state index < -0.39 is 0 Å². The fraction of sp³-hybridized carbons (Fsp3) is 0.846. The van der Waals surface area contributed by atoms with Gasteiger partial charge in [0.1, 0.15) is 0 Å². The van der Waals surface area contributed by atoms with Gasteiger partial charge in [0.05, 0.1) is 13.2 Å². The molecule has 0 saturated carbocycles. The number of nitrogens with zero attached hydrogens (tertiary/aromatic N) is 3. The van der Waals surface area contributed by atoms with Gasteiger partial charge >= 0.3 is 6.01 Å². The van der Waals surface area contributed by atoms with Crippen LogP contribution in [0.4, 0.5) is 6.01 Å². The van der Waals surface area contributed by atoms with Crippen LogP contribution in [0.25, 0.3) is 0 Å². The highest BCUT2D eigenvalue weighted by Gasteiger charge is 2.27. The second-order valence-electron chi connectivity index (χ2n) is 5.80. The third-order valence-corrected chi connectivity index (χ3v) is 3.60. The lowest BCUT2D eigenvalue weighted by atomic mass is 9.83. The number of methoxy groups -OCH3 is 1. The van der Waals surface area contributed by atoms with E-state index in [9.17, 15) is 0 Å². The van der Waals surface area contributed by atoms with Crippen LogP contribution < -0.4 is 10.2 Å². The minimum absolute atomic E-state index is 0.432. The van der Waals surface area contributed by atoms with Crippen molar-refractivity contribution in [2.75, 3.05) is 38.3 Å². The van der Waals surface area contributed by atoms with Crippen molar-refractivity contribution in [3.8, 4) is 0 Å². The van der Waals surface area contributed by atoms with E-state index in [1.165, 1.54) is 0 Å². The Bertz CT molecular complexity index is 382. The van der Waals surface area contributed by atoms with Crippen molar-refractivity contribution >= 4 is 6.01 Å². The van der Waals surface area contributed by atoms with E-state index in [1.807, 2.05) is 0 Å². The predicted octanol–water partition coefficient (Wildman–Crippen LogP) is 1.43. The van der Waals surface area contributed by atoms with Crippen molar-refractivity contribution in [1.82, 2.24) is 15.5 Å². The third kappa shape index (κ3) is 4.18. The summed E-state index contributed by atoms with van der Waals surface area (Å²) >= 11 is 0. The lowest BCUT2D eigenvalue weighted by Crippen LogP contribution is -2.37. The molecule has 0 aromatic carbocycles. The molecule has 108 valence electrons. The fourth-order valence-corrected chi connectivity index (χ4v) is 2.12. The second kappa shape index (κ2) is 6.34. The molecular formula is C13H24N4O2. The smallest absolute Gasteiger partial charge is 0.318 e. The summed E-state index contributed by atoms with van der Waals surface area (Å²) in [6.45, 7) is 8.66. The van der Waals surface area contributed by atoms with Crippen LogP contribution in [-0.4, -0.2) is 43.5 Å². The van der Waals surface area contributed by atoms with E-state index in [-0.39, 0.29) is 0 Å². The van der Waals surface area contributed by atoms with Gasteiger partial charge in [0, 0.05) is 26.7 Å². The van der Waals surface area contributed by atoms with E-state index in [1.54, 1.807) is 7.11 Å². The Morgan fingerprint density at radius 1 is 1.32 bits per heavy atom. The topological polar surface area (TPSA) is 63.4 Å². The predicted molar refractivity (Wildman–Crippen MR) is 73.1 cm³/mol. The first-order chi connectivity index (χ1) is 9.11. The molecule has 0 atom stereocenters. The van der Waals surface area contributed by atoms with Gasteiger partial charge in [-0.05, 0) is 18.3 Å². The van der Waals surface area contributed by atoms with Crippen LogP contribution in [0, 0.1) is 5.41 Å². The summed E-state index contributed by atoms with van der Waals surface area (Å²) in [6, 6.07) is 0.652. The molecule has 1 fully saturated rings. The number of hydrogen-bond donors (Lipinski definition) is 1. The molecule has 2 heterocycles. The lowest BCUT2D eigenvalue weighted by Gasteiger charge is -2.35. The van der Waals surface area contributed by atoms with Crippen LogP contribution >= 0.6 is 0 Å². The van der Waals surface area contributed by atoms with Gasteiger partial charge in [0.25, 0.3) is 0 Å². The molecule has 1 aliphatic heterocycles. The molecule has 1 aromatic rings. The molecule has 1 aliphatic rings.